The van der Waals surface area contributed by atoms with Gasteiger partial charge >= 0.3 is 0 Å². The molecule has 19 heavy (non-hydrogen) atoms. The van der Waals surface area contributed by atoms with Crippen molar-refractivity contribution in [1.29, 1.82) is 0 Å². The van der Waals surface area contributed by atoms with Crippen LogP contribution in [0.5, 0.6) is 0 Å². The minimum atomic E-state index is 0.982. The summed E-state index contributed by atoms with van der Waals surface area (Å²) in [4.78, 5) is 5.32. The van der Waals surface area contributed by atoms with E-state index in [1.165, 1.54) is 90.9 Å². The zero-order valence-corrected chi connectivity index (χ0v) is 12.4. The van der Waals surface area contributed by atoms with Crippen LogP contribution in [0, 0.1) is 11.8 Å². The van der Waals surface area contributed by atoms with E-state index in [4.69, 9.17) is 0 Å². The second kappa shape index (κ2) is 7.05. The SMILES string of the molecule is C1CCC(CNCCN2CCN(CC3CC3)CC2)C1. The van der Waals surface area contributed by atoms with Crippen molar-refractivity contribution in [2.75, 3.05) is 52.4 Å². The van der Waals surface area contributed by atoms with Gasteiger partial charge in [-0.2, -0.15) is 0 Å². The maximum atomic E-state index is 3.67. The molecule has 3 nitrogen and oxygen atoms in total. The summed E-state index contributed by atoms with van der Waals surface area (Å²) in [5, 5.41) is 3.67. The zero-order valence-electron chi connectivity index (χ0n) is 12.4. The molecule has 0 radical (unpaired) electrons. The topological polar surface area (TPSA) is 18.5 Å². The van der Waals surface area contributed by atoms with E-state index in [-0.39, 0.29) is 0 Å². The van der Waals surface area contributed by atoms with Crippen molar-refractivity contribution in [3.8, 4) is 0 Å². The molecule has 2 aliphatic carbocycles. The molecule has 0 unspecified atom stereocenters. The molecular formula is C16H31N3. The van der Waals surface area contributed by atoms with Crippen molar-refractivity contribution in [3.63, 3.8) is 0 Å². The fourth-order valence-corrected chi connectivity index (χ4v) is 3.62. The summed E-state index contributed by atoms with van der Waals surface area (Å²) in [6.45, 7) is 10.3. The highest BCUT2D eigenvalue weighted by atomic mass is 15.3. The van der Waals surface area contributed by atoms with Crippen molar-refractivity contribution in [3.05, 3.63) is 0 Å². The first-order valence-corrected chi connectivity index (χ1v) is 8.55. The Kier molecular flexibility index (Phi) is 5.14. The van der Waals surface area contributed by atoms with Crippen molar-refractivity contribution in [2.45, 2.75) is 38.5 Å². The van der Waals surface area contributed by atoms with Gasteiger partial charge < -0.3 is 10.2 Å². The van der Waals surface area contributed by atoms with Crippen LogP contribution in [-0.2, 0) is 0 Å². The first-order chi connectivity index (χ1) is 9.40. The van der Waals surface area contributed by atoms with E-state index in [0.29, 0.717) is 0 Å². The Hall–Kier alpha value is -0.120. The van der Waals surface area contributed by atoms with Gasteiger partial charge in [0.1, 0.15) is 0 Å². The minimum Gasteiger partial charge on any atom is -0.315 e. The lowest BCUT2D eigenvalue weighted by Crippen LogP contribution is -2.48. The number of nitrogens with zero attached hydrogens (tertiary/aromatic N) is 2. The molecule has 0 aromatic heterocycles. The molecule has 0 spiro atoms. The molecule has 3 aliphatic rings. The summed E-state index contributed by atoms with van der Waals surface area (Å²) in [6.07, 6.45) is 8.85. The summed E-state index contributed by atoms with van der Waals surface area (Å²) >= 11 is 0. The number of nitrogens with one attached hydrogen (secondary N) is 1. The molecule has 0 atom stereocenters. The van der Waals surface area contributed by atoms with Crippen LogP contribution in [0.25, 0.3) is 0 Å². The molecule has 110 valence electrons. The van der Waals surface area contributed by atoms with E-state index in [1.54, 1.807) is 0 Å². The normalized spacial score (nSPS) is 27.2. The summed E-state index contributed by atoms with van der Waals surface area (Å²) < 4.78 is 0. The highest BCUT2D eigenvalue weighted by molar-refractivity contribution is 4.80. The second-order valence-electron chi connectivity index (χ2n) is 6.94. The number of rotatable bonds is 7. The number of hydrogen-bond acceptors (Lipinski definition) is 3. The molecule has 3 fully saturated rings. The van der Waals surface area contributed by atoms with Gasteiger partial charge in [-0.3, -0.25) is 4.90 Å². The van der Waals surface area contributed by atoms with E-state index < -0.39 is 0 Å². The molecule has 3 rings (SSSR count). The van der Waals surface area contributed by atoms with Crippen LogP contribution in [0.4, 0.5) is 0 Å². The summed E-state index contributed by atoms with van der Waals surface area (Å²) in [6, 6.07) is 0. The van der Waals surface area contributed by atoms with Gasteiger partial charge in [-0.05, 0) is 44.1 Å². The van der Waals surface area contributed by atoms with Crippen molar-refractivity contribution < 1.29 is 0 Å². The predicted octanol–water partition coefficient (Wildman–Crippen LogP) is 1.79. The Morgan fingerprint density at radius 3 is 2.16 bits per heavy atom. The van der Waals surface area contributed by atoms with Gasteiger partial charge in [-0.25, -0.2) is 0 Å². The first-order valence-electron chi connectivity index (χ1n) is 8.55. The molecule has 1 heterocycles. The quantitative estimate of drug-likeness (QED) is 0.708. The molecular weight excluding hydrogens is 234 g/mol. The van der Waals surface area contributed by atoms with Gasteiger partial charge in [0.25, 0.3) is 0 Å². The Morgan fingerprint density at radius 1 is 0.789 bits per heavy atom. The molecule has 1 aliphatic heterocycles. The third kappa shape index (κ3) is 4.73. The molecule has 0 aromatic carbocycles. The molecule has 3 heteroatoms. The highest BCUT2D eigenvalue weighted by Crippen LogP contribution is 2.29. The lowest BCUT2D eigenvalue weighted by atomic mass is 10.1. The van der Waals surface area contributed by atoms with Crippen molar-refractivity contribution in [1.82, 2.24) is 15.1 Å². The maximum absolute atomic E-state index is 3.67. The average Bonchev–Trinajstić information content (AvgIpc) is 3.09. The fourth-order valence-electron chi connectivity index (χ4n) is 3.62. The Labute approximate surface area is 118 Å². The largest absolute Gasteiger partial charge is 0.315 e. The Morgan fingerprint density at radius 2 is 1.47 bits per heavy atom. The highest BCUT2D eigenvalue weighted by Gasteiger charge is 2.26. The summed E-state index contributed by atoms with van der Waals surface area (Å²) in [5.41, 5.74) is 0. The monoisotopic (exact) mass is 265 g/mol. The van der Waals surface area contributed by atoms with Crippen molar-refractivity contribution in [2.24, 2.45) is 11.8 Å². The Bertz CT molecular complexity index is 251. The van der Waals surface area contributed by atoms with Crippen LogP contribution in [0.1, 0.15) is 38.5 Å². The molecule has 0 bridgehead atoms. The van der Waals surface area contributed by atoms with Gasteiger partial charge in [0.05, 0.1) is 0 Å². The zero-order chi connectivity index (χ0) is 12.9. The van der Waals surface area contributed by atoms with Gasteiger partial charge in [0, 0.05) is 45.8 Å². The van der Waals surface area contributed by atoms with E-state index in [1.807, 2.05) is 0 Å². The van der Waals surface area contributed by atoms with E-state index >= 15 is 0 Å². The third-order valence-electron chi connectivity index (χ3n) is 5.19. The third-order valence-corrected chi connectivity index (χ3v) is 5.19. The second-order valence-corrected chi connectivity index (χ2v) is 6.94. The van der Waals surface area contributed by atoms with Gasteiger partial charge in [0.15, 0.2) is 0 Å². The number of piperazine rings is 1. The molecule has 0 aromatic rings. The van der Waals surface area contributed by atoms with Crippen LogP contribution < -0.4 is 5.32 Å². The lowest BCUT2D eigenvalue weighted by molar-refractivity contribution is 0.129. The van der Waals surface area contributed by atoms with E-state index in [2.05, 4.69) is 15.1 Å². The molecule has 0 amide bonds. The maximum Gasteiger partial charge on any atom is 0.0110 e. The lowest BCUT2D eigenvalue weighted by Gasteiger charge is -2.34. The molecule has 1 saturated heterocycles. The van der Waals surface area contributed by atoms with Crippen LogP contribution in [0.15, 0.2) is 0 Å². The van der Waals surface area contributed by atoms with E-state index in [0.717, 1.165) is 11.8 Å². The van der Waals surface area contributed by atoms with E-state index in [9.17, 15) is 0 Å². The van der Waals surface area contributed by atoms with Gasteiger partial charge in [-0.1, -0.05) is 12.8 Å². The van der Waals surface area contributed by atoms with Crippen LogP contribution >= 0.6 is 0 Å². The van der Waals surface area contributed by atoms with Crippen LogP contribution in [0.3, 0.4) is 0 Å². The van der Waals surface area contributed by atoms with Gasteiger partial charge in [0.2, 0.25) is 0 Å². The fraction of sp³-hybridized carbons (Fsp3) is 1.00. The van der Waals surface area contributed by atoms with Crippen molar-refractivity contribution >= 4 is 0 Å². The summed E-state index contributed by atoms with van der Waals surface area (Å²) in [5.74, 6) is 2.04. The first kappa shape index (κ1) is 13.8. The van der Waals surface area contributed by atoms with Gasteiger partial charge in [-0.15, -0.1) is 0 Å². The summed E-state index contributed by atoms with van der Waals surface area (Å²) in [7, 11) is 0. The smallest absolute Gasteiger partial charge is 0.0110 e. The van der Waals surface area contributed by atoms with Crippen LogP contribution in [-0.4, -0.2) is 62.2 Å². The molecule has 2 saturated carbocycles. The Balaban J connectivity index is 1.21. The predicted molar refractivity (Wildman–Crippen MR) is 80.4 cm³/mol. The standard InChI is InChI=1S/C16H31N3/c1-2-4-15(3-1)13-17-7-8-18-9-11-19(12-10-18)14-16-5-6-16/h15-17H,1-14H2. The number of hydrogen-bond donors (Lipinski definition) is 1. The molecule has 1 N–H and O–H groups in total. The minimum absolute atomic E-state index is 0.982. The van der Waals surface area contributed by atoms with Crippen LogP contribution in [0.2, 0.25) is 0 Å². The average molecular weight is 265 g/mol.